The lowest BCUT2D eigenvalue weighted by Gasteiger charge is -2.41. The van der Waals surface area contributed by atoms with Crippen molar-refractivity contribution >= 4 is 8.80 Å². The van der Waals surface area contributed by atoms with Crippen LogP contribution in [0.3, 0.4) is 0 Å². The fourth-order valence-corrected chi connectivity index (χ4v) is 5.49. The van der Waals surface area contributed by atoms with Crippen molar-refractivity contribution < 1.29 is 9.47 Å². The molecule has 0 saturated carbocycles. The van der Waals surface area contributed by atoms with E-state index in [0.29, 0.717) is 0 Å². The zero-order valence-electron chi connectivity index (χ0n) is 12.0. The van der Waals surface area contributed by atoms with Gasteiger partial charge in [-0.2, -0.15) is 0 Å². The molecule has 0 N–H and O–H groups in total. The molecule has 0 amide bonds. The Hall–Kier alpha value is 0.137. The molecule has 2 nitrogen and oxygen atoms in total. The first-order chi connectivity index (χ1) is 8.25. The van der Waals surface area contributed by atoms with Crippen LogP contribution in [-0.4, -0.2) is 27.4 Å². The van der Waals surface area contributed by atoms with Crippen LogP contribution in [0.4, 0.5) is 0 Å². The Balaban J connectivity index is 2.45. The summed E-state index contributed by atoms with van der Waals surface area (Å²) in [6.07, 6.45) is 8.65. The third kappa shape index (κ3) is 4.72. The fourth-order valence-electron chi connectivity index (χ4n) is 2.69. The summed E-state index contributed by atoms with van der Waals surface area (Å²) in [5.74, 6) is 0. The standard InChI is InChI=1S/C14H30O2Si/c1-4-6-8-11-15-14(17(3)13-5-2)10-7-9-12-16-14/h17H,4-13H2,1-3H3. The minimum absolute atomic E-state index is 0.123. The third-order valence-electron chi connectivity index (χ3n) is 3.83. The molecule has 1 aliphatic rings. The number of unbranched alkanes of at least 4 members (excludes halogenated alkanes) is 2. The first-order valence-electron chi connectivity index (χ1n) is 7.53. The number of hydrogen-bond acceptors (Lipinski definition) is 2. The highest BCUT2D eigenvalue weighted by Gasteiger charge is 2.39. The van der Waals surface area contributed by atoms with E-state index in [2.05, 4.69) is 20.4 Å². The molecule has 0 aromatic heterocycles. The van der Waals surface area contributed by atoms with Crippen LogP contribution in [0.1, 0.15) is 58.8 Å². The van der Waals surface area contributed by atoms with Crippen LogP contribution in [0.15, 0.2) is 0 Å². The Kier molecular flexibility index (Phi) is 7.40. The topological polar surface area (TPSA) is 18.5 Å². The molecule has 2 atom stereocenters. The second-order valence-electron chi connectivity index (χ2n) is 5.36. The second kappa shape index (κ2) is 8.28. The molecule has 1 aliphatic heterocycles. The summed E-state index contributed by atoms with van der Waals surface area (Å²) >= 11 is 0. The molecule has 17 heavy (non-hydrogen) atoms. The Labute approximate surface area is 109 Å². The van der Waals surface area contributed by atoms with Crippen LogP contribution < -0.4 is 0 Å². The minimum atomic E-state index is -0.915. The Morgan fingerprint density at radius 3 is 2.59 bits per heavy atom. The second-order valence-corrected chi connectivity index (χ2v) is 8.62. The van der Waals surface area contributed by atoms with Crippen molar-refractivity contribution in [3.05, 3.63) is 0 Å². The highest BCUT2D eigenvalue weighted by atomic mass is 28.3. The molecule has 1 heterocycles. The van der Waals surface area contributed by atoms with E-state index < -0.39 is 8.80 Å². The molecule has 1 saturated heterocycles. The maximum atomic E-state index is 6.23. The largest absolute Gasteiger partial charge is 0.354 e. The van der Waals surface area contributed by atoms with E-state index in [1.54, 1.807) is 0 Å². The molecule has 1 rings (SSSR count). The zero-order chi connectivity index (χ0) is 12.6. The zero-order valence-corrected chi connectivity index (χ0v) is 13.1. The van der Waals surface area contributed by atoms with Gasteiger partial charge >= 0.3 is 0 Å². The van der Waals surface area contributed by atoms with Gasteiger partial charge in [-0.1, -0.05) is 45.7 Å². The van der Waals surface area contributed by atoms with Crippen molar-refractivity contribution in [3.63, 3.8) is 0 Å². The van der Waals surface area contributed by atoms with E-state index in [4.69, 9.17) is 9.47 Å². The monoisotopic (exact) mass is 258 g/mol. The summed E-state index contributed by atoms with van der Waals surface area (Å²) in [6.45, 7) is 8.75. The molecule has 0 aromatic carbocycles. The van der Waals surface area contributed by atoms with Gasteiger partial charge in [0.15, 0.2) is 0 Å². The molecule has 102 valence electrons. The summed E-state index contributed by atoms with van der Waals surface area (Å²) in [7, 11) is -0.915. The molecular weight excluding hydrogens is 228 g/mol. The first kappa shape index (κ1) is 15.2. The van der Waals surface area contributed by atoms with Crippen LogP contribution in [0.2, 0.25) is 12.6 Å². The molecular formula is C14H30O2Si. The number of ether oxygens (including phenoxy) is 2. The lowest BCUT2D eigenvalue weighted by atomic mass is 10.2. The van der Waals surface area contributed by atoms with E-state index in [1.807, 2.05) is 0 Å². The quantitative estimate of drug-likeness (QED) is 0.486. The van der Waals surface area contributed by atoms with Gasteiger partial charge < -0.3 is 9.47 Å². The highest BCUT2D eigenvalue weighted by molar-refractivity contribution is 6.60. The molecule has 0 spiro atoms. The number of rotatable bonds is 8. The van der Waals surface area contributed by atoms with Crippen molar-refractivity contribution in [3.8, 4) is 0 Å². The van der Waals surface area contributed by atoms with Gasteiger partial charge in [0.1, 0.15) is 14.2 Å². The van der Waals surface area contributed by atoms with Gasteiger partial charge in [-0.15, -0.1) is 0 Å². The Bertz CT molecular complexity index is 191. The fraction of sp³-hybridized carbons (Fsp3) is 1.00. The van der Waals surface area contributed by atoms with Crippen LogP contribution in [-0.2, 0) is 9.47 Å². The summed E-state index contributed by atoms with van der Waals surface area (Å²) in [5.41, 5.74) is -0.123. The van der Waals surface area contributed by atoms with Crippen LogP contribution in [0.25, 0.3) is 0 Å². The molecule has 2 unspecified atom stereocenters. The van der Waals surface area contributed by atoms with Gasteiger partial charge in [-0.3, -0.25) is 0 Å². The van der Waals surface area contributed by atoms with Crippen molar-refractivity contribution in [2.45, 2.75) is 76.8 Å². The predicted octanol–water partition coefficient (Wildman–Crippen LogP) is 3.90. The van der Waals surface area contributed by atoms with E-state index in [1.165, 1.54) is 44.6 Å². The molecule has 0 aromatic rings. The van der Waals surface area contributed by atoms with Crippen LogP contribution in [0.5, 0.6) is 0 Å². The lowest BCUT2D eigenvalue weighted by molar-refractivity contribution is -0.203. The van der Waals surface area contributed by atoms with Gasteiger partial charge in [0.05, 0.1) is 0 Å². The molecule has 1 fully saturated rings. The van der Waals surface area contributed by atoms with E-state index >= 15 is 0 Å². The number of hydrogen-bond donors (Lipinski definition) is 0. The van der Waals surface area contributed by atoms with Crippen molar-refractivity contribution in [2.24, 2.45) is 0 Å². The Morgan fingerprint density at radius 1 is 1.18 bits per heavy atom. The maximum Gasteiger partial charge on any atom is 0.148 e. The molecule has 0 aliphatic carbocycles. The SMILES string of the molecule is CCCCCOC1([SiH](C)CCC)CCCCO1. The van der Waals surface area contributed by atoms with E-state index in [9.17, 15) is 0 Å². The molecule has 0 radical (unpaired) electrons. The Morgan fingerprint density at radius 2 is 2.00 bits per heavy atom. The normalized spacial score (nSPS) is 27.0. The van der Waals surface area contributed by atoms with Gasteiger partial charge in [0.2, 0.25) is 0 Å². The third-order valence-corrected chi connectivity index (χ3v) is 7.40. The highest BCUT2D eigenvalue weighted by Crippen LogP contribution is 2.31. The van der Waals surface area contributed by atoms with Crippen LogP contribution >= 0.6 is 0 Å². The summed E-state index contributed by atoms with van der Waals surface area (Å²) < 4.78 is 12.3. The molecule has 0 bridgehead atoms. The van der Waals surface area contributed by atoms with E-state index in [-0.39, 0.29) is 5.41 Å². The predicted molar refractivity (Wildman–Crippen MR) is 76.1 cm³/mol. The first-order valence-corrected chi connectivity index (χ1v) is 10.1. The summed E-state index contributed by atoms with van der Waals surface area (Å²) in [6, 6.07) is 1.34. The maximum absolute atomic E-state index is 6.23. The average molecular weight is 258 g/mol. The molecule has 3 heteroatoms. The van der Waals surface area contributed by atoms with Crippen molar-refractivity contribution in [1.29, 1.82) is 0 Å². The lowest BCUT2D eigenvalue weighted by Crippen LogP contribution is -2.51. The van der Waals surface area contributed by atoms with Crippen molar-refractivity contribution in [1.82, 2.24) is 0 Å². The van der Waals surface area contributed by atoms with Gasteiger partial charge in [0.25, 0.3) is 0 Å². The van der Waals surface area contributed by atoms with Crippen LogP contribution in [0, 0.1) is 0 Å². The van der Waals surface area contributed by atoms with E-state index in [0.717, 1.165) is 19.6 Å². The average Bonchev–Trinajstić information content (AvgIpc) is 2.36. The van der Waals surface area contributed by atoms with Gasteiger partial charge in [-0.05, 0) is 25.7 Å². The smallest absolute Gasteiger partial charge is 0.148 e. The minimum Gasteiger partial charge on any atom is -0.354 e. The van der Waals surface area contributed by atoms with Gasteiger partial charge in [-0.25, -0.2) is 0 Å². The van der Waals surface area contributed by atoms with Gasteiger partial charge in [0, 0.05) is 13.2 Å². The summed E-state index contributed by atoms with van der Waals surface area (Å²) in [4.78, 5) is 0. The van der Waals surface area contributed by atoms with Crippen molar-refractivity contribution in [2.75, 3.05) is 13.2 Å². The summed E-state index contributed by atoms with van der Waals surface area (Å²) in [5, 5.41) is 0.